The molecule has 132 valence electrons. The van der Waals surface area contributed by atoms with E-state index in [0.717, 1.165) is 28.6 Å². The third kappa shape index (κ3) is 4.69. The normalized spacial score (nSPS) is 10.4. The van der Waals surface area contributed by atoms with E-state index in [1.54, 1.807) is 6.92 Å². The first-order valence-corrected chi connectivity index (χ1v) is 8.49. The van der Waals surface area contributed by atoms with E-state index < -0.39 is 11.7 Å². The summed E-state index contributed by atoms with van der Waals surface area (Å²) in [7, 11) is 1.24. The zero-order valence-corrected chi connectivity index (χ0v) is 15.2. The van der Waals surface area contributed by atoms with Gasteiger partial charge in [-0.2, -0.15) is 4.98 Å². The molecule has 1 heterocycles. The Labute approximate surface area is 149 Å². The van der Waals surface area contributed by atoms with Crippen molar-refractivity contribution in [2.24, 2.45) is 0 Å². The third-order valence-electron chi connectivity index (χ3n) is 3.47. The molecule has 0 bridgehead atoms. The van der Waals surface area contributed by atoms with Crippen LogP contribution in [-0.2, 0) is 9.53 Å². The molecule has 0 radical (unpaired) electrons. The first-order chi connectivity index (χ1) is 11.8. The number of thioether (sulfide) groups is 1. The number of nitrogens with zero attached hydrogens (tertiary/aromatic N) is 1. The molecule has 0 fully saturated rings. The minimum Gasteiger partial charge on any atom is -0.465 e. The number of carbonyl (C=O) groups is 2. The number of aromatic nitrogens is 2. The van der Waals surface area contributed by atoms with Crippen LogP contribution >= 0.6 is 11.8 Å². The highest BCUT2D eigenvalue weighted by atomic mass is 32.2. The van der Waals surface area contributed by atoms with E-state index in [4.69, 9.17) is 4.74 Å². The molecule has 0 unspecified atom stereocenters. The van der Waals surface area contributed by atoms with Crippen molar-refractivity contribution in [2.45, 2.75) is 25.8 Å². The van der Waals surface area contributed by atoms with Gasteiger partial charge in [-0.05, 0) is 32.4 Å². The number of amides is 1. The summed E-state index contributed by atoms with van der Waals surface area (Å²) in [5, 5.41) is 2.98. The first-order valence-electron chi connectivity index (χ1n) is 7.51. The minimum atomic E-state index is -0.612. The molecule has 0 atom stereocenters. The van der Waals surface area contributed by atoms with E-state index in [2.05, 4.69) is 15.3 Å². The van der Waals surface area contributed by atoms with E-state index in [1.165, 1.54) is 7.11 Å². The van der Waals surface area contributed by atoms with E-state index in [-0.39, 0.29) is 22.2 Å². The van der Waals surface area contributed by atoms with Crippen molar-refractivity contribution in [3.63, 3.8) is 0 Å². The molecular weight excluding hydrogens is 342 g/mol. The number of hydrogen-bond donors (Lipinski definition) is 2. The lowest BCUT2D eigenvalue weighted by molar-refractivity contribution is -0.113. The number of anilines is 1. The van der Waals surface area contributed by atoms with Crippen molar-refractivity contribution in [2.75, 3.05) is 18.2 Å². The first kappa shape index (κ1) is 18.7. The molecule has 2 rings (SSSR count). The fraction of sp³-hybridized carbons (Fsp3) is 0.294. The quantitative estimate of drug-likeness (QED) is 0.481. The summed E-state index contributed by atoms with van der Waals surface area (Å²) >= 11 is 1.01. The van der Waals surface area contributed by atoms with Gasteiger partial charge >= 0.3 is 11.7 Å². The van der Waals surface area contributed by atoms with Crippen LogP contribution in [0.25, 0.3) is 0 Å². The van der Waals surface area contributed by atoms with Crippen LogP contribution in [0.2, 0.25) is 0 Å². The molecule has 1 aromatic heterocycles. The second kappa shape index (κ2) is 7.98. The van der Waals surface area contributed by atoms with Gasteiger partial charge in [-0.15, -0.1) is 0 Å². The van der Waals surface area contributed by atoms with Crippen LogP contribution in [0.5, 0.6) is 0 Å². The number of methoxy groups -OCH3 is 1. The number of ether oxygens (including phenoxy) is 1. The Bertz CT molecular complexity index is 877. The minimum absolute atomic E-state index is 0.00715. The highest BCUT2D eigenvalue weighted by molar-refractivity contribution is 8.00. The summed E-state index contributed by atoms with van der Waals surface area (Å²) in [6.07, 6.45) is 0. The topological polar surface area (TPSA) is 101 Å². The second-order valence-corrected chi connectivity index (χ2v) is 6.46. The standard InChI is InChI=1S/C17H19N3O4S/c1-9-5-6-12(10(2)7-9)19-13(21)8-25-15-14(16(22)24-4)11(3)18-17(23)20-15/h5-7H,8H2,1-4H3,(H,19,21)(H,18,20,23). The Kier molecular flexibility index (Phi) is 5.97. The number of esters is 1. The highest BCUT2D eigenvalue weighted by Crippen LogP contribution is 2.22. The Hall–Kier alpha value is -2.61. The molecule has 1 amide bonds. The fourth-order valence-electron chi connectivity index (χ4n) is 2.28. The monoisotopic (exact) mass is 361 g/mol. The van der Waals surface area contributed by atoms with Crippen LogP contribution in [0.15, 0.2) is 28.0 Å². The molecule has 8 heteroatoms. The molecular formula is C17H19N3O4S. The zero-order chi connectivity index (χ0) is 18.6. The van der Waals surface area contributed by atoms with Crippen molar-refractivity contribution in [1.82, 2.24) is 9.97 Å². The van der Waals surface area contributed by atoms with Crippen LogP contribution in [-0.4, -0.2) is 34.7 Å². The van der Waals surface area contributed by atoms with Crippen molar-refractivity contribution in [3.8, 4) is 0 Å². The van der Waals surface area contributed by atoms with E-state index in [9.17, 15) is 14.4 Å². The lowest BCUT2D eigenvalue weighted by Gasteiger charge is -2.10. The summed E-state index contributed by atoms with van der Waals surface area (Å²) in [6, 6.07) is 5.72. The SMILES string of the molecule is COC(=O)c1c(SCC(=O)Nc2ccc(C)cc2C)nc(=O)[nH]c1C. The molecule has 0 aliphatic rings. The average molecular weight is 361 g/mol. The second-order valence-electron chi connectivity index (χ2n) is 5.49. The Morgan fingerprint density at radius 3 is 2.64 bits per heavy atom. The number of nitrogens with one attached hydrogen (secondary N) is 2. The summed E-state index contributed by atoms with van der Waals surface area (Å²) in [4.78, 5) is 41.9. The Morgan fingerprint density at radius 2 is 2.00 bits per heavy atom. The smallest absolute Gasteiger partial charge is 0.346 e. The lowest BCUT2D eigenvalue weighted by atomic mass is 10.1. The van der Waals surface area contributed by atoms with Crippen molar-refractivity contribution in [3.05, 3.63) is 51.1 Å². The van der Waals surface area contributed by atoms with Crippen LogP contribution in [0.4, 0.5) is 5.69 Å². The Morgan fingerprint density at radius 1 is 1.28 bits per heavy atom. The number of H-pyrrole nitrogens is 1. The molecule has 0 saturated heterocycles. The van der Waals surface area contributed by atoms with E-state index >= 15 is 0 Å². The van der Waals surface area contributed by atoms with Crippen LogP contribution in [0, 0.1) is 20.8 Å². The number of benzene rings is 1. The van der Waals surface area contributed by atoms with Crippen LogP contribution in [0.1, 0.15) is 27.2 Å². The maximum Gasteiger partial charge on any atom is 0.346 e. The van der Waals surface area contributed by atoms with Crippen molar-refractivity contribution < 1.29 is 14.3 Å². The largest absolute Gasteiger partial charge is 0.465 e. The van der Waals surface area contributed by atoms with E-state index in [1.807, 2.05) is 32.0 Å². The van der Waals surface area contributed by atoms with Gasteiger partial charge in [0.1, 0.15) is 10.6 Å². The van der Waals surface area contributed by atoms with Gasteiger partial charge in [0, 0.05) is 11.4 Å². The molecule has 1 aromatic carbocycles. The predicted octanol–water partition coefficient (Wildman–Crippen LogP) is 2.21. The number of rotatable bonds is 5. The summed E-state index contributed by atoms with van der Waals surface area (Å²) in [5.74, 6) is -0.862. The number of carbonyl (C=O) groups excluding carboxylic acids is 2. The molecule has 0 saturated carbocycles. The summed E-state index contributed by atoms with van der Waals surface area (Å²) in [6.45, 7) is 5.46. The Balaban J connectivity index is 2.14. The lowest BCUT2D eigenvalue weighted by Crippen LogP contribution is -2.20. The molecule has 0 aliphatic carbocycles. The van der Waals surface area contributed by atoms with Gasteiger partial charge in [0.05, 0.1) is 12.9 Å². The van der Waals surface area contributed by atoms with Gasteiger partial charge in [0.25, 0.3) is 0 Å². The molecule has 0 spiro atoms. The maximum absolute atomic E-state index is 12.2. The zero-order valence-electron chi connectivity index (χ0n) is 14.4. The maximum atomic E-state index is 12.2. The number of aryl methyl sites for hydroxylation is 3. The van der Waals surface area contributed by atoms with Gasteiger partial charge in [0.2, 0.25) is 5.91 Å². The number of aromatic amines is 1. The van der Waals surface area contributed by atoms with Crippen LogP contribution in [0.3, 0.4) is 0 Å². The van der Waals surface area contributed by atoms with Gasteiger partial charge in [-0.3, -0.25) is 4.79 Å². The van der Waals surface area contributed by atoms with Crippen LogP contribution < -0.4 is 11.0 Å². The molecule has 25 heavy (non-hydrogen) atoms. The third-order valence-corrected chi connectivity index (χ3v) is 4.45. The van der Waals surface area contributed by atoms with Gasteiger partial charge in [-0.25, -0.2) is 9.59 Å². The molecule has 7 nitrogen and oxygen atoms in total. The van der Waals surface area contributed by atoms with E-state index in [0.29, 0.717) is 5.69 Å². The molecule has 2 aromatic rings. The number of hydrogen-bond acceptors (Lipinski definition) is 6. The van der Waals surface area contributed by atoms with Crippen molar-refractivity contribution in [1.29, 1.82) is 0 Å². The van der Waals surface area contributed by atoms with Gasteiger partial charge in [0.15, 0.2) is 0 Å². The van der Waals surface area contributed by atoms with Crippen molar-refractivity contribution >= 4 is 29.3 Å². The predicted molar refractivity (Wildman–Crippen MR) is 96.2 cm³/mol. The molecule has 0 aliphatic heterocycles. The summed E-state index contributed by atoms with van der Waals surface area (Å²) in [5.41, 5.74) is 2.71. The van der Waals surface area contributed by atoms with Gasteiger partial charge < -0.3 is 15.0 Å². The highest BCUT2D eigenvalue weighted by Gasteiger charge is 2.19. The summed E-state index contributed by atoms with van der Waals surface area (Å²) < 4.78 is 4.71. The average Bonchev–Trinajstić information content (AvgIpc) is 2.54. The fourth-order valence-corrected chi connectivity index (χ4v) is 3.15. The molecule has 2 N–H and O–H groups in total. The van der Waals surface area contributed by atoms with Gasteiger partial charge in [-0.1, -0.05) is 29.5 Å².